The van der Waals surface area contributed by atoms with Crippen LogP contribution < -0.4 is 10.2 Å². The number of nitrogens with one attached hydrogen (secondary N) is 1. The molecule has 1 saturated heterocycles. The van der Waals surface area contributed by atoms with Gasteiger partial charge in [-0.05, 0) is 49.8 Å². The minimum Gasteiger partial charge on any atom is -0.311 e. The Bertz CT molecular complexity index is 464. The molecular formula is C17H24N2O. The number of carbonyl (C=O) groups is 1. The quantitative estimate of drug-likeness (QED) is 0.863. The summed E-state index contributed by atoms with van der Waals surface area (Å²) in [4.78, 5) is 14.3. The lowest BCUT2D eigenvalue weighted by Crippen LogP contribution is -2.39. The minimum atomic E-state index is 0.0438. The van der Waals surface area contributed by atoms with Crippen LogP contribution >= 0.6 is 0 Å². The van der Waals surface area contributed by atoms with Crippen LogP contribution in [0.25, 0.3) is 0 Å². The maximum Gasteiger partial charge on any atom is 0.244 e. The van der Waals surface area contributed by atoms with E-state index in [1.807, 2.05) is 4.90 Å². The van der Waals surface area contributed by atoms with Crippen molar-refractivity contribution in [2.45, 2.75) is 57.5 Å². The van der Waals surface area contributed by atoms with Crippen LogP contribution in [0, 0.1) is 0 Å². The fourth-order valence-corrected chi connectivity index (χ4v) is 2.85. The minimum absolute atomic E-state index is 0.0438. The zero-order valence-corrected chi connectivity index (χ0v) is 12.3. The van der Waals surface area contributed by atoms with E-state index < -0.39 is 0 Å². The summed E-state index contributed by atoms with van der Waals surface area (Å²) < 4.78 is 0. The monoisotopic (exact) mass is 272 g/mol. The highest BCUT2D eigenvalue weighted by molar-refractivity contribution is 5.99. The number of hydrogen-bond donors (Lipinski definition) is 1. The topological polar surface area (TPSA) is 32.3 Å². The number of anilines is 1. The third-order valence-electron chi connectivity index (χ3n) is 4.29. The van der Waals surface area contributed by atoms with E-state index in [-0.39, 0.29) is 11.9 Å². The van der Waals surface area contributed by atoms with Gasteiger partial charge in [-0.1, -0.05) is 25.5 Å². The lowest BCUT2D eigenvalue weighted by atomic mass is 10.1. The van der Waals surface area contributed by atoms with E-state index in [1.54, 1.807) is 0 Å². The number of aryl methyl sites for hydroxylation is 1. The molecule has 1 atom stereocenters. The van der Waals surface area contributed by atoms with Crippen LogP contribution in [-0.2, 0) is 11.2 Å². The Kier molecular flexibility index (Phi) is 4.06. The molecule has 108 valence electrons. The van der Waals surface area contributed by atoms with Crippen molar-refractivity contribution in [1.29, 1.82) is 0 Å². The van der Waals surface area contributed by atoms with Crippen LogP contribution in [0.15, 0.2) is 24.3 Å². The van der Waals surface area contributed by atoms with Gasteiger partial charge in [-0.25, -0.2) is 0 Å². The number of rotatable bonds is 6. The smallest absolute Gasteiger partial charge is 0.244 e. The maximum atomic E-state index is 12.4. The largest absolute Gasteiger partial charge is 0.311 e. The van der Waals surface area contributed by atoms with Crippen LogP contribution in [0.3, 0.4) is 0 Å². The first kappa shape index (κ1) is 13.6. The first-order valence-electron chi connectivity index (χ1n) is 7.94. The van der Waals surface area contributed by atoms with Crippen molar-refractivity contribution in [3.63, 3.8) is 0 Å². The van der Waals surface area contributed by atoms with Crippen molar-refractivity contribution in [3.8, 4) is 0 Å². The van der Waals surface area contributed by atoms with Crippen molar-refractivity contribution >= 4 is 11.6 Å². The molecule has 0 bridgehead atoms. The molecule has 1 unspecified atom stereocenters. The van der Waals surface area contributed by atoms with Crippen LogP contribution in [0.4, 0.5) is 5.69 Å². The van der Waals surface area contributed by atoms with Crippen LogP contribution in [0.5, 0.6) is 0 Å². The van der Waals surface area contributed by atoms with E-state index in [0.29, 0.717) is 6.04 Å². The van der Waals surface area contributed by atoms with Crippen molar-refractivity contribution in [2.75, 3.05) is 11.4 Å². The molecule has 1 amide bonds. The van der Waals surface area contributed by atoms with Gasteiger partial charge in [-0.2, -0.15) is 0 Å². The summed E-state index contributed by atoms with van der Waals surface area (Å²) in [6.07, 6.45) is 6.99. The number of benzene rings is 1. The van der Waals surface area contributed by atoms with Crippen LogP contribution in [-0.4, -0.2) is 24.5 Å². The van der Waals surface area contributed by atoms with Gasteiger partial charge in [0.15, 0.2) is 0 Å². The Morgan fingerprint density at radius 1 is 1.20 bits per heavy atom. The second-order valence-electron chi connectivity index (χ2n) is 6.04. The molecule has 1 aromatic carbocycles. The summed E-state index contributed by atoms with van der Waals surface area (Å²) in [5.74, 6) is 0.248. The van der Waals surface area contributed by atoms with Crippen molar-refractivity contribution in [2.24, 2.45) is 0 Å². The molecule has 0 radical (unpaired) electrons. The van der Waals surface area contributed by atoms with Gasteiger partial charge in [0, 0.05) is 18.3 Å². The van der Waals surface area contributed by atoms with E-state index in [4.69, 9.17) is 0 Å². The molecule has 3 nitrogen and oxygen atoms in total. The lowest BCUT2D eigenvalue weighted by Gasteiger charge is -2.17. The van der Waals surface area contributed by atoms with Crippen molar-refractivity contribution in [1.82, 2.24) is 5.32 Å². The molecule has 1 aromatic rings. The molecule has 0 spiro atoms. The Morgan fingerprint density at radius 3 is 2.60 bits per heavy atom. The Balaban J connectivity index is 1.62. The SMILES string of the molecule is CCCCc1ccc(N2CCC(NC3CC3)C2=O)cc1. The molecule has 1 aliphatic heterocycles. The molecular weight excluding hydrogens is 248 g/mol. The van der Waals surface area contributed by atoms with E-state index in [0.717, 1.165) is 25.1 Å². The molecule has 2 aliphatic rings. The molecule has 2 fully saturated rings. The second-order valence-corrected chi connectivity index (χ2v) is 6.04. The first-order chi connectivity index (χ1) is 9.78. The zero-order valence-electron chi connectivity index (χ0n) is 12.3. The third-order valence-corrected chi connectivity index (χ3v) is 4.29. The highest BCUT2D eigenvalue weighted by atomic mass is 16.2. The van der Waals surface area contributed by atoms with E-state index >= 15 is 0 Å². The highest BCUT2D eigenvalue weighted by Gasteiger charge is 2.36. The summed E-state index contributed by atoms with van der Waals surface area (Å²) in [5.41, 5.74) is 2.42. The number of amides is 1. The summed E-state index contributed by atoms with van der Waals surface area (Å²) in [6.45, 7) is 3.06. The average Bonchev–Trinajstić information content (AvgIpc) is 3.22. The molecule has 1 heterocycles. The second kappa shape index (κ2) is 5.96. The molecule has 3 rings (SSSR count). The van der Waals surface area contributed by atoms with Gasteiger partial charge in [0.2, 0.25) is 5.91 Å². The summed E-state index contributed by atoms with van der Waals surface area (Å²) in [5, 5.41) is 3.45. The van der Waals surface area contributed by atoms with Crippen LogP contribution in [0.2, 0.25) is 0 Å². The molecule has 0 aromatic heterocycles. The molecule has 1 aliphatic carbocycles. The highest BCUT2D eigenvalue weighted by Crippen LogP contribution is 2.26. The average molecular weight is 272 g/mol. The lowest BCUT2D eigenvalue weighted by molar-refractivity contribution is -0.118. The number of carbonyl (C=O) groups excluding carboxylic acids is 1. The summed E-state index contributed by atoms with van der Waals surface area (Å²) in [7, 11) is 0. The fourth-order valence-electron chi connectivity index (χ4n) is 2.85. The third kappa shape index (κ3) is 3.04. The Labute approximate surface area is 121 Å². The van der Waals surface area contributed by atoms with Gasteiger partial charge in [0.05, 0.1) is 6.04 Å². The number of unbranched alkanes of at least 4 members (excludes halogenated alkanes) is 1. The molecule has 3 heteroatoms. The van der Waals surface area contributed by atoms with Gasteiger partial charge in [0.25, 0.3) is 0 Å². The van der Waals surface area contributed by atoms with Gasteiger partial charge in [0.1, 0.15) is 0 Å². The van der Waals surface area contributed by atoms with Crippen molar-refractivity contribution in [3.05, 3.63) is 29.8 Å². The van der Waals surface area contributed by atoms with E-state index in [1.165, 1.54) is 31.2 Å². The number of hydrogen-bond acceptors (Lipinski definition) is 2. The van der Waals surface area contributed by atoms with Gasteiger partial charge in [-0.15, -0.1) is 0 Å². The van der Waals surface area contributed by atoms with Gasteiger partial charge < -0.3 is 10.2 Å². The Hall–Kier alpha value is -1.35. The predicted octanol–water partition coefficient (Wildman–Crippen LogP) is 2.89. The van der Waals surface area contributed by atoms with Crippen LogP contribution in [0.1, 0.15) is 44.6 Å². The molecule has 1 N–H and O–H groups in total. The van der Waals surface area contributed by atoms with E-state index in [2.05, 4.69) is 36.5 Å². The predicted molar refractivity (Wildman–Crippen MR) is 82.0 cm³/mol. The summed E-state index contributed by atoms with van der Waals surface area (Å²) >= 11 is 0. The fraction of sp³-hybridized carbons (Fsp3) is 0.588. The first-order valence-corrected chi connectivity index (χ1v) is 7.94. The van der Waals surface area contributed by atoms with Gasteiger partial charge in [-0.3, -0.25) is 4.79 Å². The van der Waals surface area contributed by atoms with Gasteiger partial charge >= 0.3 is 0 Å². The molecule has 1 saturated carbocycles. The Morgan fingerprint density at radius 2 is 1.95 bits per heavy atom. The summed E-state index contributed by atoms with van der Waals surface area (Å²) in [6, 6.07) is 9.17. The molecule has 20 heavy (non-hydrogen) atoms. The standard InChI is InChI=1S/C17H24N2O/c1-2-3-4-13-5-9-15(10-6-13)19-12-11-16(17(19)20)18-14-7-8-14/h5-6,9-10,14,16,18H,2-4,7-8,11-12H2,1H3. The van der Waals surface area contributed by atoms with Crippen molar-refractivity contribution < 1.29 is 4.79 Å². The normalized spacial score (nSPS) is 22.6. The number of nitrogens with zero attached hydrogens (tertiary/aromatic N) is 1. The zero-order chi connectivity index (χ0) is 13.9. The van der Waals surface area contributed by atoms with E-state index in [9.17, 15) is 4.79 Å². The maximum absolute atomic E-state index is 12.4.